The van der Waals surface area contributed by atoms with Crippen molar-refractivity contribution in [2.45, 2.75) is 9.37 Å². The minimum absolute atomic E-state index is 0.00651. The van der Waals surface area contributed by atoms with E-state index in [1.165, 1.54) is 36.3 Å². The number of methoxy groups -OCH3 is 1. The van der Waals surface area contributed by atoms with E-state index in [-0.39, 0.29) is 16.6 Å². The smallest absolute Gasteiger partial charge is 0.315 e. The fourth-order valence-electron chi connectivity index (χ4n) is 2.60. The molecule has 2 amide bonds. The van der Waals surface area contributed by atoms with E-state index in [4.69, 9.17) is 9.47 Å². The summed E-state index contributed by atoms with van der Waals surface area (Å²) in [6.45, 7) is 0. The molecule has 0 fully saturated rings. The van der Waals surface area contributed by atoms with Crippen molar-refractivity contribution < 1.29 is 23.5 Å². The summed E-state index contributed by atoms with van der Waals surface area (Å²) < 4.78 is 25.6. The van der Waals surface area contributed by atoms with E-state index in [9.17, 15) is 14.0 Å². The summed E-state index contributed by atoms with van der Waals surface area (Å²) in [4.78, 5) is 35.9. The number of hydrogen-bond donors (Lipinski definition) is 3. The second kappa shape index (κ2) is 10.1. The van der Waals surface area contributed by atoms with Crippen LogP contribution in [0.5, 0.6) is 17.2 Å². The molecule has 4 aromatic rings. The molecule has 9 nitrogen and oxygen atoms in total. The van der Waals surface area contributed by atoms with Gasteiger partial charge in [-0.1, -0.05) is 23.5 Å². The van der Waals surface area contributed by atoms with Crippen molar-refractivity contribution in [3.63, 3.8) is 0 Å². The molecule has 0 aliphatic heterocycles. The molecule has 0 saturated carbocycles. The number of benzene rings is 2. The van der Waals surface area contributed by atoms with Crippen LogP contribution in [0.4, 0.5) is 15.2 Å². The van der Waals surface area contributed by atoms with Gasteiger partial charge >= 0.3 is 11.8 Å². The Balaban J connectivity index is 1.44. The summed E-state index contributed by atoms with van der Waals surface area (Å²) in [5.74, 6) is -1.74. The zero-order valence-corrected chi connectivity index (χ0v) is 18.6. The summed E-state index contributed by atoms with van der Waals surface area (Å²) in [5, 5.41) is 5.79. The highest BCUT2D eigenvalue weighted by molar-refractivity contribution is 8.01. The van der Waals surface area contributed by atoms with Crippen molar-refractivity contribution in [1.82, 2.24) is 15.0 Å². The minimum atomic E-state index is -0.970. The van der Waals surface area contributed by atoms with Crippen LogP contribution in [0.1, 0.15) is 0 Å². The molecule has 3 N–H and O–H groups in total. The van der Waals surface area contributed by atoms with Gasteiger partial charge < -0.3 is 19.8 Å². The number of nitrogens with one attached hydrogen (secondary N) is 3. The third kappa shape index (κ3) is 5.67. The SMILES string of the molecule is COc1ccccc1Oc1cc(F)ccc1NC(=O)C(=O)Nc1ncc(Sc2ncc[nH]2)s1. The van der Waals surface area contributed by atoms with E-state index in [1.807, 2.05) is 0 Å². The van der Waals surface area contributed by atoms with Crippen LogP contribution in [0.2, 0.25) is 0 Å². The summed E-state index contributed by atoms with van der Waals surface area (Å²) in [6.07, 6.45) is 4.87. The first-order chi connectivity index (χ1) is 16.0. The highest BCUT2D eigenvalue weighted by Gasteiger charge is 2.19. The van der Waals surface area contributed by atoms with Gasteiger partial charge in [-0.2, -0.15) is 0 Å². The number of amides is 2. The number of imidazole rings is 1. The van der Waals surface area contributed by atoms with Gasteiger partial charge in [0, 0.05) is 18.5 Å². The Kier molecular flexibility index (Phi) is 6.86. The lowest BCUT2D eigenvalue weighted by molar-refractivity contribution is -0.133. The quantitative estimate of drug-likeness (QED) is 0.329. The monoisotopic (exact) mass is 485 g/mol. The predicted molar refractivity (Wildman–Crippen MR) is 122 cm³/mol. The van der Waals surface area contributed by atoms with Crippen LogP contribution >= 0.6 is 23.1 Å². The summed E-state index contributed by atoms with van der Waals surface area (Å²) in [6, 6.07) is 10.3. The molecule has 0 spiro atoms. The Morgan fingerprint density at radius 1 is 1.06 bits per heavy atom. The van der Waals surface area contributed by atoms with Gasteiger partial charge in [0.25, 0.3) is 0 Å². The Labute approximate surface area is 195 Å². The Hall–Kier alpha value is -3.90. The van der Waals surface area contributed by atoms with E-state index in [1.54, 1.807) is 42.9 Å². The molecule has 2 aromatic carbocycles. The molecule has 4 rings (SSSR count). The molecule has 0 aliphatic carbocycles. The summed E-state index contributed by atoms with van der Waals surface area (Å²) in [5.41, 5.74) is 0.107. The van der Waals surface area contributed by atoms with Gasteiger partial charge in [0.05, 0.1) is 23.2 Å². The lowest BCUT2D eigenvalue weighted by Crippen LogP contribution is -2.29. The van der Waals surface area contributed by atoms with E-state index in [2.05, 4.69) is 25.6 Å². The van der Waals surface area contributed by atoms with Gasteiger partial charge in [0.2, 0.25) is 0 Å². The molecule has 33 heavy (non-hydrogen) atoms. The molecule has 0 aliphatic rings. The fourth-order valence-corrected chi connectivity index (χ4v) is 4.33. The second-order valence-corrected chi connectivity index (χ2v) is 8.60. The van der Waals surface area contributed by atoms with Gasteiger partial charge in [-0.15, -0.1) is 0 Å². The van der Waals surface area contributed by atoms with E-state index < -0.39 is 17.6 Å². The molecule has 2 heterocycles. The number of thiazole rings is 1. The van der Waals surface area contributed by atoms with Crippen molar-refractivity contribution in [3.05, 3.63) is 66.9 Å². The Morgan fingerprint density at radius 3 is 2.61 bits per heavy atom. The molecule has 0 saturated heterocycles. The molecular formula is C21H16FN5O4S2. The number of H-pyrrole nitrogens is 1. The largest absolute Gasteiger partial charge is 0.493 e. The standard InChI is InChI=1S/C21H16FN5O4S2/c1-30-14-4-2-3-5-15(14)31-16-10-12(22)6-7-13(16)26-18(28)19(29)27-21-25-11-17(33-21)32-20-23-8-9-24-20/h2-11H,1H3,(H,23,24)(H,26,28)(H,25,27,29). The molecule has 0 radical (unpaired) electrons. The number of carbonyl (C=O) groups excluding carboxylic acids is 2. The van der Waals surface area contributed by atoms with Crippen LogP contribution in [0.15, 0.2) is 70.4 Å². The first-order valence-corrected chi connectivity index (χ1v) is 11.0. The van der Waals surface area contributed by atoms with Crippen LogP contribution in [-0.4, -0.2) is 33.9 Å². The van der Waals surface area contributed by atoms with Gasteiger partial charge in [-0.05, 0) is 36.0 Å². The topological polar surface area (TPSA) is 118 Å². The van der Waals surface area contributed by atoms with Crippen LogP contribution in [-0.2, 0) is 9.59 Å². The highest BCUT2D eigenvalue weighted by Crippen LogP contribution is 2.35. The number of rotatable bonds is 7. The Bertz CT molecular complexity index is 1280. The molecule has 0 unspecified atom stereocenters. The third-order valence-corrected chi connectivity index (χ3v) is 5.99. The maximum absolute atomic E-state index is 13.8. The van der Waals surface area contributed by atoms with E-state index in [0.717, 1.165) is 16.3 Å². The van der Waals surface area contributed by atoms with Crippen LogP contribution in [0.3, 0.4) is 0 Å². The zero-order valence-electron chi connectivity index (χ0n) is 17.0. The molecular weight excluding hydrogens is 469 g/mol. The van der Waals surface area contributed by atoms with Crippen molar-refractivity contribution in [1.29, 1.82) is 0 Å². The number of carbonyl (C=O) groups is 2. The zero-order chi connectivity index (χ0) is 23.2. The van der Waals surface area contributed by atoms with Crippen molar-refractivity contribution in [2.24, 2.45) is 0 Å². The van der Waals surface area contributed by atoms with E-state index >= 15 is 0 Å². The Morgan fingerprint density at radius 2 is 1.85 bits per heavy atom. The number of para-hydroxylation sites is 2. The number of anilines is 2. The first-order valence-electron chi connectivity index (χ1n) is 9.37. The number of ether oxygens (including phenoxy) is 2. The average Bonchev–Trinajstić information content (AvgIpc) is 3.48. The minimum Gasteiger partial charge on any atom is -0.493 e. The lowest BCUT2D eigenvalue weighted by atomic mass is 10.2. The van der Waals surface area contributed by atoms with Crippen LogP contribution in [0, 0.1) is 5.82 Å². The number of hydrogen-bond acceptors (Lipinski definition) is 8. The molecule has 2 aromatic heterocycles. The maximum atomic E-state index is 13.8. The third-order valence-electron chi connectivity index (χ3n) is 4.06. The van der Waals surface area contributed by atoms with Gasteiger partial charge in [0.1, 0.15) is 5.82 Å². The van der Waals surface area contributed by atoms with Gasteiger partial charge in [-0.3, -0.25) is 14.9 Å². The van der Waals surface area contributed by atoms with Crippen LogP contribution < -0.4 is 20.1 Å². The maximum Gasteiger partial charge on any atom is 0.315 e. The number of aromatic amines is 1. The van der Waals surface area contributed by atoms with Crippen LogP contribution in [0.25, 0.3) is 0 Å². The summed E-state index contributed by atoms with van der Waals surface area (Å²) >= 11 is 2.52. The molecule has 168 valence electrons. The number of nitrogens with zero attached hydrogens (tertiary/aromatic N) is 2. The van der Waals surface area contributed by atoms with Gasteiger partial charge in [0.15, 0.2) is 27.5 Å². The predicted octanol–water partition coefficient (Wildman–Crippen LogP) is 4.53. The number of aromatic nitrogens is 3. The van der Waals surface area contributed by atoms with Crippen molar-refractivity contribution in [2.75, 3.05) is 17.7 Å². The highest BCUT2D eigenvalue weighted by atomic mass is 32.2. The van der Waals surface area contributed by atoms with E-state index in [0.29, 0.717) is 16.7 Å². The number of halogens is 1. The second-order valence-electron chi connectivity index (χ2n) is 6.28. The first kappa shape index (κ1) is 22.3. The fraction of sp³-hybridized carbons (Fsp3) is 0.0476. The molecule has 0 atom stereocenters. The average molecular weight is 486 g/mol. The molecule has 0 bridgehead atoms. The van der Waals surface area contributed by atoms with Gasteiger partial charge in [-0.25, -0.2) is 14.4 Å². The van der Waals surface area contributed by atoms with Crippen molar-refractivity contribution >= 4 is 45.7 Å². The summed E-state index contributed by atoms with van der Waals surface area (Å²) in [7, 11) is 1.47. The molecule has 12 heteroatoms. The normalized spacial score (nSPS) is 10.5. The lowest BCUT2D eigenvalue weighted by Gasteiger charge is -2.14. The van der Waals surface area contributed by atoms with Crippen molar-refractivity contribution in [3.8, 4) is 17.2 Å².